The van der Waals surface area contributed by atoms with Gasteiger partial charge < -0.3 is 10.4 Å². The van der Waals surface area contributed by atoms with Crippen molar-refractivity contribution >= 4 is 17.7 Å². The van der Waals surface area contributed by atoms with E-state index in [0.29, 0.717) is 0 Å². The number of nitrogens with one attached hydrogen (secondary N) is 3. The van der Waals surface area contributed by atoms with Gasteiger partial charge in [-0.3, -0.25) is 10.2 Å². The molecule has 0 heterocycles. The zero-order chi connectivity index (χ0) is 12.8. The molecule has 17 heavy (non-hydrogen) atoms. The second-order valence-corrected chi connectivity index (χ2v) is 2.93. The standard InChI is InChI=1S/C9H9F2N3O3/c10-5-2-1-3-6(8(5)11)13-7(15)4-12-14-9(16)17/h1-3,12,14H,4H2,(H,13,15)(H,16,17). The molecule has 0 unspecified atom stereocenters. The normalized spacial score (nSPS) is 9.76. The van der Waals surface area contributed by atoms with Gasteiger partial charge in [0.2, 0.25) is 5.91 Å². The molecule has 0 radical (unpaired) electrons. The lowest BCUT2D eigenvalue weighted by Crippen LogP contribution is -2.41. The summed E-state index contributed by atoms with van der Waals surface area (Å²) in [6, 6.07) is 3.33. The van der Waals surface area contributed by atoms with Crippen molar-refractivity contribution in [1.29, 1.82) is 0 Å². The van der Waals surface area contributed by atoms with Gasteiger partial charge >= 0.3 is 6.09 Å². The highest BCUT2D eigenvalue weighted by Gasteiger charge is 2.10. The predicted octanol–water partition coefficient (Wildman–Crippen LogP) is 0.675. The average molecular weight is 245 g/mol. The monoisotopic (exact) mass is 245 g/mol. The van der Waals surface area contributed by atoms with E-state index in [1.165, 1.54) is 12.1 Å². The first-order valence-corrected chi connectivity index (χ1v) is 4.46. The van der Waals surface area contributed by atoms with E-state index in [4.69, 9.17) is 5.11 Å². The fourth-order valence-electron chi connectivity index (χ4n) is 0.995. The second-order valence-electron chi connectivity index (χ2n) is 2.93. The number of halogens is 2. The van der Waals surface area contributed by atoms with Crippen molar-refractivity contribution in [2.75, 3.05) is 11.9 Å². The van der Waals surface area contributed by atoms with Crippen LogP contribution in [0.2, 0.25) is 0 Å². The fourth-order valence-corrected chi connectivity index (χ4v) is 0.995. The maximum Gasteiger partial charge on any atom is 0.419 e. The third-order valence-corrected chi connectivity index (χ3v) is 1.67. The molecule has 0 bridgehead atoms. The maximum atomic E-state index is 13.1. The molecule has 1 aromatic carbocycles. The number of carbonyl (C=O) groups is 2. The highest BCUT2D eigenvalue weighted by Crippen LogP contribution is 2.15. The minimum atomic E-state index is -1.37. The Bertz CT molecular complexity index is 439. The van der Waals surface area contributed by atoms with Crippen molar-refractivity contribution in [2.24, 2.45) is 0 Å². The van der Waals surface area contributed by atoms with Crippen LogP contribution in [0.3, 0.4) is 0 Å². The van der Waals surface area contributed by atoms with E-state index in [0.717, 1.165) is 6.07 Å². The van der Waals surface area contributed by atoms with Crippen LogP contribution in [-0.2, 0) is 4.79 Å². The molecule has 0 aliphatic carbocycles. The predicted molar refractivity (Wildman–Crippen MR) is 54.2 cm³/mol. The van der Waals surface area contributed by atoms with Crippen LogP contribution in [0, 0.1) is 11.6 Å². The maximum absolute atomic E-state index is 13.1. The zero-order valence-electron chi connectivity index (χ0n) is 8.46. The van der Waals surface area contributed by atoms with Crippen LogP contribution < -0.4 is 16.2 Å². The van der Waals surface area contributed by atoms with Crippen LogP contribution in [0.15, 0.2) is 18.2 Å². The van der Waals surface area contributed by atoms with Gasteiger partial charge in [-0.15, -0.1) is 0 Å². The van der Waals surface area contributed by atoms with Crippen molar-refractivity contribution in [3.63, 3.8) is 0 Å². The lowest BCUT2D eigenvalue weighted by molar-refractivity contribution is -0.115. The Morgan fingerprint density at radius 2 is 2.00 bits per heavy atom. The molecule has 2 amide bonds. The molecule has 0 saturated carbocycles. The van der Waals surface area contributed by atoms with Gasteiger partial charge in [-0.2, -0.15) is 0 Å². The molecule has 0 aromatic heterocycles. The number of carboxylic acid groups (broad SMARTS) is 1. The number of hydrogen-bond donors (Lipinski definition) is 4. The van der Waals surface area contributed by atoms with Gasteiger partial charge in [0, 0.05) is 0 Å². The summed E-state index contributed by atoms with van der Waals surface area (Å²) in [5, 5.41) is 10.3. The first kappa shape index (κ1) is 12.8. The Labute approximate surface area is 94.6 Å². The molecule has 0 atom stereocenters. The molecule has 0 aliphatic heterocycles. The van der Waals surface area contributed by atoms with Gasteiger partial charge in [-0.1, -0.05) is 6.07 Å². The Morgan fingerprint density at radius 3 is 2.65 bits per heavy atom. The van der Waals surface area contributed by atoms with Gasteiger partial charge in [0.05, 0.1) is 12.2 Å². The van der Waals surface area contributed by atoms with E-state index < -0.39 is 30.2 Å². The molecule has 0 aliphatic rings. The Kier molecular flexibility index (Phi) is 4.35. The number of benzene rings is 1. The highest BCUT2D eigenvalue weighted by molar-refractivity contribution is 5.92. The summed E-state index contributed by atoms with van der Waals surface area (Å²) < 4.78 is 25.8. The lowest BCUT2D eigenvalue weighted by Gasteiger charge is -2.07. The SMILES string of the molecule is O=C(O)NNCC(=O)Nc1cccc(F)c1F. The number of hydrazine groups is 1. The number of anilines is 1. The lowest BCUT2D eigenvalue weighted by atomic mass is 10.3. The third kappa shape index (κ3) is 4.03. The number of hydrogen-bond acceptors (Lipinski definition) is 3. The summed E-state index contributed by atoms with van der Waals surface area (Å²) in [6.45, 7) is -0.414. The first-order chi connectivity index (χ1) is 8.00. The van der Waals surface area contributed by atoms with Crippen molar-refractivity contribution in [2.45, 2.75) is 0 Å². The molecule has 6 nitrogen and oxygen atoms in total. The molecule has 8 heteroatoms. The van der Waals surface area contributed by atoms with Crippen LogP contribution in [-0.4, -0.2) is 23.7 Å². The van der Waals surface area contributed by atoms with E-state index in [1.807, 2.05) is 0 Å². The van der Waals surface area contributed by atoms with Crippen molar-refractivity contribution in [3.8, 4) is 0 Å². The minimum absolute atomic E-state index is 0.313. The van der Waals surface area contributed by atoms with E-state index in [1.54, 1.807) is 5.43 Å². The van der Waals surface area contributed by atoms with Crippen molar-refractivity contribution in [3.05, 3.63) is 29.8 Å². The fraction of sp³-hybridized carbons (Fsp3) is 0.111. The van der Waals surface area contributed by atoms with E-state index in [-0.39, 0.29) is 5.69 Å². The molecule has 0 saturated heterocycles. The van der Waals surface area contributed by atoms with Crippen LogP contribution in [0.4, 0.5) is 19.3 Å². The minimum Gasteiger partial charge on any atom is -0.464 e. The Balaban J connectivity index is 2.51. The van der Waals surface area contributed by atoms with Gasteiger partial charge in [-0.05, 0) is 12.1 Å². The molecule has 92 valence electrons. The van der Waals surface area contributed by atoms with Crippen LogP contribution >= 0.6 is 0 Å². The smallest absolute Gasteiger partial charge is 0.419 e. The van der Waals surface area contributed by atoms with Gasteiger partial charge in [-0.25, -0.2) is 19.0 Å². The first-order valence-electron chi connectivity index (χ1n) is 4.46. The van der Waals surface area contributed by atoms with E-state index in [2.05, 4.69) is 10.7 Å². The van der Waals surface area contributed by atoms with E-state index in [9.17, 15) is 18.4 Å². The number of rotatable bonds is 4. The zero-order valence-corrected chi connectivity index (χ0v) is 8.46. The van der Waals surface area contributed by atoms with Crippen molar-refractivity contribution in [1.82, 2.24) is 10.9 Å². The van der Waals surface area contributed by atoms with Gasteiger partial charge in [0.25, 0.3) is 0 Å². The number of carbonyl (C=O) groups excluding carboxylic acids is 1. The molecular weight excluding hydrogens is 236 g/mol. The summed E-state index contributed by atoms with van der Waals surface area (Å²) in [7, 11) is 0. The summed E-state index contributed by atoms with van der Waals surface area (Å²) in [4.78, 5) is 21.2. The molecule has 4 N–H and O–H groups in total. The Hall–Kier alpha value is -2.22. The van der Waals surface area contributed by atoms with Crippen LogP contribution in [0.1, 0.15) is 0 Å². The Morgan fingerprint density at radius 1 is 1.29 bits per heavy atom. The van der Waals surface area contributed by atoms with Crippen LogP contribution in [0.5, 0.6) is 0 Å². The van der Waals surface area contributed by atoms with Gasteiger partial charge in [0.1, 0.15) is 0 Å². The molecule has 0 spiro atoms. The average Bonchev–Trinajstić information content (AvgIpc) is 2.24. The number of amides is 2. The highest BCUT2D eigenvalue weighted by atomic mass is 19.2. The molecule has 1 aromatic rings. The van der Waals surface area contributed by atoms with E-state index >= 15 is 0 Å². The largest absolute Gasteiger partial charge is 0.464 e. The molecule has 1 rings (SSSR count). The molecular formula is C9H9F2N3O3. The quantitative estimate of drug-likeness (QED) is 0.587. The summed E-state index contributed by atoms with van der Waals surface area (Å²) >= 11 is 0. The van der Waals surface area contributed by atoms with Gasteiger partial charge in [0.15, 0.2) is 11.6 Å². The van der Waals surface area contributed by atoms with Crippen molar-refractivity contribution < 1.29 is 23.5 Å². The summed E-state index contributed by atoms with van der Waals surface area (Å²) in [5.74, 6) is -2.98. The second kappa shape index (κ2) is 5.75. The topological polar surface area (TPSA) is 90.5 Å². The molecule has 0 fully saturated rings. The van der Waals surface area contributed by atoms with Crippen LogP contribution in [0.25, 0.3) is 0 Å². The summed E-state index contributed by atoms with van der Waals surface area (Å²) in [5.41, 5.74) is 3.47. The summed E-state index contributed by atoms with van der Waals surface area (Å²) in [6.07, 6.45) is -1.37. The third-order valence-electron chi connectivity index (χ3n) is 1.67.